The van der Waals surface area contributed by atoms with Crippen molar-refractivity contribution in [2.45, 2.75) is 6.92 Å². The highest BCUT2D eigenvalue weighted by Gasteiger charge is 2.09. The number of aryl methyl sites for hydroxylation is 1. The Morgan fingerprint density at radius 2 is 1.95 bits per heavy atom. The van der Waals surface area contributed by atoms with Crippen molar-refractivity contribution in [3.8, 4) is 11.5 Å². The van der Waals surface area contributed by atoms with Gasteiger partial charge in [0.2, 0.25) is 0 Å². The summed E-state index contributed by atoms with van der Waals surface area (Å²) < 4.78 is 5.61. The SMILES string of the molecule is Cc1ccc(Cl)c(Oc2ccc(C(=O)O)cc2N)c1. The zero-order valence-electron chi connectivity index (χ0n) is 10.2. The van der Waals surface area contributed by atoms with Crippen LogP contribution in [0.25, 0.3) is 0 Å². The number of hydrogen-bond acceptors (Lipinski definition) is 3. The fraction of sp³-hybridized carbons (Fsp3) is 0.0714. The molecular weight excluding hydrogens is 266 g/mol. The lowest BCUT2D eigenvalue weighted by molar-refractivity contribution is 0.0697. The molecule has 0 aliphatic rings. The number of benzene rings is 2. The Hall–Kier alpha value is -2.20. The molecule has 0 aromatic heterocycles. The average Bonchev–Trinajstić information content (AvgIpc) is 2.36. The van der Waals surface area contributed by atoms with Crippen LogP contribution in [0.5, 0.6) is 11.5 Å². The largest absolute Gasteiger partial charge is 0.478 e. The monoisotopic (exact) mass is 277 g/mol. The standard InChI is InChI=1S/C14H12ClNO3/c1-8-2-4-10(15)13(6-8)19-12-5-3-9(14(17)18)7-11(12)16/h2-7H,16H2,1H3,(H,17,18). The van der Waals surface area contributed by atoms with Crippen LogP contribution in [0.15, 0.2) is 36.4 Å². The number of halogens is 1. The van der Waals surface area contributed by atoms with Gasteiger partial charge in [-0.25, -0.2) is 4.79 Å². The molecule has 0 fully saturated rings. The van der Waals surface area contributed by atoms with Crippen LogP contribution in [-0.2, 0) is 0 Å². The van der Waals surface area contributed by atoms with Crippen LogP contribution in [0.2, 0.25) is 5.02 Å². The summed E-state index contributed by atoms with van der Waals surface area (Å²) in [6.45, 7) is 1.92. The molecule has 2 aromatic rings. The molecule has 0 aliphatic heterocycles. The molecule has 0 unspecified atom stereocenters. The normalized spacial score (nSPS) is 10.2. The Kier molecular flexibility index (Phi) is 3.62. The molecule has 0 heterocycles. The van der Waals surface area contributed by atoms with E-state index in [4.69, 9.17) is 27.2 Å². The smallest absolute Gasteiger partial charge is 0.335 e. The average molecular weight is 278 g/mol. The number of rotatable bonds is 3. The second-order valence-corrected chi connectivity index (χ2v) is 4.50. The van der Waals surface area contributed by atoms with Gasteiger partial charge in [0, 0.05) is 0 Å². The fourth-order valence-corrected chi connectivity index (χ4v) is 1.74. The first-order chi connectivity index (χ1) is 8.97. The molecule has 3 N–H and O–H groups in total. The van der Waals surface area contributed by atoms with Gasteiger partial charge < -0.3 is 15.6 Å². The van der Waals surface area contributed by atoms with Crippen molar-refractivity contribution < 1.29 is 14.6 Å². The summed E-state index contributed by atoms with van der Waals surface area (Å²) in [5.74, 6) is -0.180. The van der Waals surface area contributed by atoms with E-state index in [1.165, 1.54) is 18.2 Å². The molecule has 4 nitrogen and oxygen atoms in total. The van der Waals surface area contributed by atoms with E-state index < -0.39 is 5.97 Å². The quantitative estimate of drug-likeness (QED) is 0.839. The van der Waals surface area contributed by atoms with Crippen molar-refractivity contribution >= 4 is 23.3 Å². The number of anilines is 1. The summed E-state index contributed by atoms with van der Waals surface area (Å²) in [5, 5.41) is 9.32. The third-order valence-corrected chi connectivity index (χ3v) is 2.88. The highest BCUT2D eigenvalue weighted by atomic mass is 35.5. The van der Waals surface area contributed by atoms with Crippen LogP contribution in [0, 0.1) is 6.92 Å². The number of nitrogens with two attached hydrogens (primary N) is 1. The van der Waals surface area contributed by atoms with E-state index in [-0.39, 0.29) is 11.3 Å². The zero-order valence-corrected chi connectivity index (χ0v) is 10.9. The van der Waals surface area contributed by atoms with Crippen molar-refractivity contribution in [1.29, 1.82) is 0 Å². The van der Waals surface area contributed by atoms with Crippen LogP contribution in [0.4, 0.5) is 5.69 Å². The molecule has 0 aliphatic carbocycles. The lowest BCUT2D eigenvalue weighted by Gasteiger charge is -2.11. The maximum absolute atomic E-state index is 10.8. The van der Waals surface area contributed by atoms with Gasteiger partial charge in [0.25, 0.3) is 0 Å². The lowest BCUT2D eigenvalue weighted by atomic mass is 10.2. The van der Waals surface area contributed by atoms with Gasteiger partial charge in [-0.2, -0.15) is 0 Å². The van der Waals surface area contributed by atoms with Gasteiger partial charge in [-0.05, 0) is 42.8 Å². The predicted octanol–water partition coefficient (Wildman–Crippen LogP) is 3.72. The minimum atomic E-state index is -1.04. The van der Waals surface area contributed by atoms with E-state index in [1.807, 2.05) is 13.0 Å². The summed E-state index contributed by atoms with van der Waals surface area (Å²) in [7, 11) is 0. The van der Waals surface area contributed by atoms with E-state index in [2.05, 4.69) is 0 Å². The Labute approximate surface area is 115 Å². The van der Waals surface area contributed by atoms with Crippen LogP contribution in [0.3, 0.4) is 0 Å². The number of carbonyl (C=O) groups is 1. The molecule has 0 saturated carbocycles. The highest BCUT2D eigenvalue weighted by molar-refractivity contribution is 6.32. The highest BCUT2D eigenvalue weighted by Crippen LogP contribution is 2.33. The molecule has 5 heteroatoms. The van der Waals surface area contributed by atoms with E-state index in [9.17, 15) is 4.79 Å². The summed E-state index contributed by atoms with van der Waals surface area (Å²) in [5.41, 5.74) is 7.12. The summed E-state index contributed by atoms with van der Waals surface area (Å²) in [4.78, 5) is 10.8. The van der Waals surface area contributed by atoms with Crippen molar-refractivity contribution in [3.63, 3.8) is 0 Å². The van der Waals surface area contributed by atoms with Crippen LogP contribution in [-0.4, -0.2) is 11.1 Å². The summed E-state index contributed by atoms with van der Waals surface area (Å²) in [6, 6.07) is 9.67. The molecule has 0 spiro atoms. The second-order valence-electron chi connectivity index (χ2n) is 4.09. The molecule has 0 bridgehead atoms. The first kappa shape index (κ1) is 13.2. The number of aromatic carboxylic acids is 1. The first-order valence-corrected chi connectivity index (χ1v) is 5.92. The van der Waals surface area contributed by atoms with Gasteiger partial charge in [-0.1, -0.05) is 17.7 Å². The van der Waals surface area contributed by atoms with Crippen molar-refractivity contribution in [2.75, 3.05) is 5.73 Å². The van der Waals surface area contributed by atoms with E-state index in [0.717, 1.165) is 5.56 Å². The van der Waals surface area contributed by atoms with Crippen LogP contribution < -0.4 is 10.5 Å². The Bertz CT molecular complexity index is 641. The molecule has 0 saturated heterocycles. The predicted molar refractivity (Wildman–Crippen MR) is 74.1 cm³/mol. The molecule has 19 heavy (non-hydrogen) atoms. The van der Waals surface area contributed by atoms with Gasteiger partial charge in [-0.3, -0.25) is 0 Å². The lowest BCUT2D eigenvalue weighted by Crippen LogP contribution is -1.99. The van der Waals surface area contributed by atoms with Gasteiger partial charge in [0.1, 0.15) is 11.5 Å². The number of carboxylic acids is 1. The van der Waals surface area contributed by atoms with Crippen molar-refractivity contribution in [3.05, 3.63) is 52.5 Å². The van der Waals surface area contributed by atoms with Gasteiger partial charge in [0.15, 0.2) is 0 Å². The first-order valence-electron chi connectivity index (χ1n) is 5.54. The fourth-order valence-electron chi connectivity index (χ4n) is 1.58. The number of nitrogen functional groups attached to an aromatic ring is 1. The summed E-state index contributed by atoms with van der Waals surface area (Å²) >= 11 is 6.02. The maximum Gasteiger partial charge on any atom is 0.335 e. The Morgan fingerprint density at radius 1 is 1.21 bits per heavy atom. The molecule has 0 radical (unpaired) electrons. The maximum atomic E-state index is 10.8. The third-order valence-electron chi connectivity index (χ3n) is 2.56. The molecule has 0 atom stereocenters. The van der Waals surface area contributed by atoms with Gasteiger partial charge >= 0.3 is 5.97 Å². The Balaban J connectivity index is 2.33. The molecule has 98 valence electrons. The molecular formula is C14H12ClNO3. The third kappa shape index (κ3) is 2.98. The zero-order chi connectivity index (χ0) is 14.0. The number of carboxylic acid groups (broad SMARTS) is 1. The second kappa shape index (κ2) is 5.20. The van der Waals surface area contributed by atoms with Crippen molar-refractivity contribution in [2.24, 2.45) is 0 Å². The molecule has 0 amide bonds. The van der Waals surface area contributed by atoms with Gasteiger partial charge in [-0.15, -0.1) is 0 Å². The van der Waals surface area contributed by atoms with E-state index >= 15 is 0 Å². The van der Waals surface area contributed by atoms with Crippen LogP contribution in [0.1, 0.15) is 15.9 Å². The van der Waals surface area contributed by atoms with E-state index in [1.54, 1.807) is 12.1 Å². The number of hydrogen-bond donors (Lipinski definition) is 2. The topological polar surface area (TPSA) is 72.5 Å². The van der Waals surface area contributed by atoms with E-state index in [0.29, 0.717) is 16.5 Å². The Morgan fingerprint density at radius 3 is 2.58 bits per heavy atom. The van der Waals surface area contributed by atoms with Gasteiger partial charge in [0.05, 0.1) is 16.3 Å². The van der Waals surface area contributed by atoms with Crippen LogP contribution >= 0.6 is 11.6 Å². The molecule has 2 rings (SSSR count). The number of ether oxygens (including phenoxy) is 1. The minimum Gasteiger partial charge on any atom is -0.478 e. The summed E-state index contributed by atoms with van der Waals surface area (Å²) in [6.07, 6.45) is 0. The molecule has 2 aromatic carbocycles. The minimum absolute atomic E-state index is 0.111. The van der Waals surface area contributed by atoms with Crippen molar-refractivity contribution in [1.82, 2.24) is 0 Å².